The van der Waals surface area contributed by atoms with E-state index in [1.165, 1.54) is 12.1 Å². The van der Waals surface area contributed by atoms with Crippen molar-refractivity contribution < 1.29 is 14.5 Å². The highest BCUT2D eigenvalue weighted by Gasteiger charge is 2.11. The Balaban J connectivity index is 2.03. The van der Waals surface area contributed by atoms with Crippen molar-refractivity contribution in [3.63, 3.8) is 0 Å². The van der Waals surface area contributed by atoms with Crippen LogP contribution in [-0.4, -0.2) is 28.8 Å². The standard InChI is InChI=1S/C16H16N4O4/c1-17-15(21)8-5-11-3-2-4-12(9-11)19-16(22)14-7-6-13(10-18-14)20(23)24/h2-4,6-7,9-10H,5,8H2,1H3,(H,17,21)(H,19,22). The van der Waals surface area contributed by atoms with Gasteiger partial charge in [-0.05, 0) is 30.2 Å². The molecule has 2 amide bonds. The highest BCUT2D eigenvalue weighted by atomic mass is 16.6. The molecule has 0 saturated heterocycles. The van der Waals surface area contributed by atoms with Gasteiger partial charge in [-0.25, -0.2) is 4.98 Å². The Morgan fingerprint density at radius 3 is 2.67 bits per heavy atom. The van der Waals surface area contributed by atoms with Crippen LogP contribution in [0.15, 0.2) is 42.6 Å². The molecule has 124 valence electrons. The average molecular weight is 328 g/mol. The van der Waals surface area contributed by atoms with Crippen molar-refractivity contribution in [2.75, 3.05) is 12.4 Å². The molecule has 8 nitrogen and oxygen atoms in total. The van der Waals surface area contributed by atoms with E-state index < -0.39 is 10.8 Å². The Bertz CT molecular complexity index is 759. The summed E-state index contributed by atoms with van der Waals surface area (Å²) in [6.45, 7) is 0. The lowest BCUT2D eigenvalue weighted by Gasteiger charge is -2.07. The molecule has 0 aliphatic carbocycles. The number of hydrogen-bond donors (Lipinski definition) is 2. The molecule has 0 aliphatic rings. The fourth-order valence-corrected chi connectivity index (χ4v) is 2.01. The van der Waals surface area contributed by atoms with Gasteiger partial charge in [-0.1, -0.05) is 12.1 Å². The van der Waals surface area contributed by atoms with Crippen molar-refractivity contribution in [2.45, 2.75) is 12.8 Å². The summed E-state index contributed by atoms with van der Waals surface area (Å²) in [5, 5.41) is 15.8. The monoisotopic (exact) mass is 328 g/mol. The third-order valence-electron chi connectivity index (χ3n) is 3.30. The molecule has 0 saturated carbocycles. The smallest absolute Gasteiger partial charge is 0.287 e. The second-order valence-electron chi connectivity index (χ2n) is 4.99. The first-order valence-corrected chi connectivity index (χ1v) is 7.21. The summed E-state index contributed by atoms with van der Waals surface area (Å²) in [5.74, 6) is -0.520. The molecule has 2 N–H and O–H groups in total. The molecule has 0 atom stereocenters. The van der Waals surface area contributed by atoms with Gasteiger partial charge < -0.3 is 10.6 Å². The number of nitrogens with one attached hydrogen (secondary N) is 2. The molecule has 1 aromatic carbocycles. The maximum Gasteiger partial charge on any atom is 0.287 e. The van der Waals surface area contributed by atoms with Gasteiger partial charge in [-0.2, -0.15) is 0 Å². The molecule has 0 aliphatic heterocycles. The van der Waals surface area contributed by atoms with Crippen LogP contribution < -0.4 is 10.6 Å². The maximum atomic E-state index is 12.1. The van der Waals surface area contributed by atoms with Gasteiger partial charge in [-0.15, -0.1) is 0 Å². The predicted molar refractivity (Wildman–Crippen MR) is 87.7 cm³/mol. The minimum atomic E-state index is -0.579. The molecule has 0 radical (unpaired) electrons. The molecule has 0 fully saturated rings. The van der Waals surface area contributed by atoms with E-state index >= 15 is 0 Å². The van der Waals surface area contributed by atoms with Crippen LogP contribution >= 0.6 is 0 Å². The number of benzene rings is 1. The molecule has 8 heteroatoms. The number of pyridine rings is 1. The summed E-state index contributed by atoms with van der Waals surface area (Å²) >= 11 is 0. The third kappa shape index (κ3) is 4.60. The first kappa shape index (κ1) is 17.1. The normalized spacial score (nSPS) is 10.0. The van der Waals surface area contributed by atoms with Gasteiger partial charge in [0.05, 0.1) is 4.92 Å². The lowest BCUT2D eigenvalue weighted by molar-refractivity contribution is -0.385. The van der Waals surface area contributed by atoms with E-state index in [0.29, 0.717) is 18.5 Å². The fourth-order valence-electron chi connectivity index (χ4n) is 2.01. The number of anilines is 1. The van der Waals surface area contributed by atoms with E-state index in [4.69, 9.17) is 0 Å². The van der Waals surface area contributed by atoms with Crippen molar-refractivity contribution in [1.82, 2.24) is 10.3 Å². The van der Waals surface area contributed by atoms with Crippen LogP contribution in [-0.2, 0) is 11.2 Å². The largest absolute Gasteiger partial charge is 0.359 e. The van der Waals surface area contributed by atoms with Crippen molar-refractivity contribution in [1.29, 1.82) is 0 Å². The Morgan fingerprint density at radius 1 is 1.25 bits per heavy atom. The minimum Gasteiger partial charge on any atom is -0.359 e. The zero-order valence-corrected chi connectivity index (χ0v) is 13.0. The summed E-state index contributed by atoms with van der Waals surface area (Å²) in [4.78, 5) is 37.2. The van der Waals surface area contributed by atoms with E-state index in [1.54, 1.807) is 25.2 Å². The summed E-state index contributed by atoms with van der Waals surface area (Å²) < 4.78 is 0. The first-order valence-electron chi connectivity index (χ1n) is 7.21. The van der Waals surface area contributed by atoms with Crippen LogP contribution in [0.25, 0.3) is 0 Å². The molecular weight excluding hydrogens is 312 g/mol. The van der Waals surface area contributed by atoms with E-state index in [-0.39, 0.29) is 17.3 Å². The summed E-state index contributed by atoms with van der Waals surface area (Å²) in [7, 11) is 1.58. The molecule has 2 rings (SSSR count). The number of aryl methyl sites for hydroxylation is 1. The van der Waals surface area contributed by atoms with E-state index in [2.05, 4.69) is 15.6 Å². The number of carbonyl (C=O) groups excluding carboxylic acids is 2. The van der Waals surface area contributed by atoms with Crippen molar-refractivity contribution >= 4 is 23.2 Å². The highest BCUT2D eigenvalue weighted by Crippen LogP contribution is 2.14. The Kier molecular flexibility index (Phi) is 5.56. The maximum absolute atomic E-state index is 12.1. The van der Waals surface area contributed by atoms with Gasteiger partial charge in [-0.3, -0.25) is 19.7 Å². The summed E-state index contributed by atoms with van der Waals surface area (Å²) in [5.41, 5.74) is 1.38. The summed E-state index contributed by atoms with van der Waals surface area (Å²) in [6.07, 6.45) is 1.95. The van der Waals surface area contributed by atoms with Gasteiger partial charge in [0.2, 0.25) is 5.91 Å². The van der Waals surface area contributed by atoms with Crippen LogP contribution in [0.1, 0.15) is 22.5 Å². The quantitative estimate of drug-likeness (QED) is 0.621. The van der Waals surface area contributed by atoms with Crippen LogP contribution in [0.3, 0.4) is 0 Å². The first-order chi connectivity index (χ1) is 11.5. The average Bonchev–Trinajstić information content (AvgIpc) is 2.60. The number of hydrogen-bond acceptors (Lipinski definition) is 5. The Morgan fingerprint density at radius 2 is 2.04 bits per heavy atom. The second kappa shape index (κ2) is 7.82. The van der Waals surface area contributed by atoms with Gasteiger partial charge in [0.1, 0.15) is 11.9 Å². The number of amides is 2. The Hall–Kier alpha value is -3.29. The van der Waals surface area contributed by atoms with Crippen molar-refractivity contribution in [3.8, 4) is 0 Å². The molecule has 24 heavy (non-hydrogen) atoms. The van der Waals surface area contributed by atoms with Gasteiger partial charge in [0.15, 0.2) is 0 Å². The molecule has 0 bridgehead atoms. The summed E-state index contributed by atoms with van der Waals surface area (Å²) in [6, 6.07) is 9.64. The molecule has 1 heterocycles. The van der Waals surface area contributed by atoms with Gasteiger partial charge in [0.25, 0.3) is 11.6 Å². The van der Waals surface area contributed by atoms with E-state index in [1.807, 2.05) is 6.07 Å². The minimum absolute atomic E-state index is 0.0560. The van der Waals surface area contributed by atoms with E-state index in [9.17, 15) is 19.7 Å². The van der Waals surface area contributed by atoms with Gasteiger partial charge >= 0.3 is 0 Å². The second-order valence-corrected chi connectivity index (χ2v) is 4.99. The Labute approximate surface area is 138 Å². The van der Waals surface area contributed by atoms with Crippen molar-refractivity contribution in [2.24, 2.45) is 0 Å². The molecule has 2 aromatic rings. The molecule has 1 aromatic heterocycles. The molecular formula is C16H16N4O4. The van der Waals surface area contributed by atoms with Gasteiger partial charge in [0, 0.05) is 25.2 Å². The molecule has 0 unspecified atom stereocenters. The predicted octanol–water partition coefficient (Wildman–Crippen LogP) is 1.92. The number of rotatable bonds is 6. The topological polar surface area (TPSA) is 114 Å². The third-order valence-corrected chi connectivity index (χ3v) is 3.30. The molecule has 0 spiro atoms. The van der Waals surface area contributed by atoms with E-state index in [0.717, 1.165) is 11.8 Å². The number of carbonyl (C=O) groups is 2. The number of aromatic nitrogens is 1. The van der Waals surface area contributed by atoms with Crippen LogP contribution in [0.4, 0.5) is 11.4 Å². The lowest BCUT2D eigenvalue weighted by Crippen LogP contribution is -2.18. The number of nitrogens with zero attached hydrogens (tertiary/aromatic N) is 2. The zero-order valence-electron chi connectivity index (χ0n) is 13.0. The van der Waals surface area contributed by atoms with Crippen LogP contribution in [0.2, 0.25) is 0 Å². The SMILES string of the molecule is CNC(=O)CCc1cccc(NC(=O)c2ccc([N+](=O)[O-])cn2)c1. The fraction of sp³-hybridized carbons (Fsp3) is 0.188. The lowest BCUT2D eigenvalue weighted by atomic mass is 10.1. The number of nitro groups is 1. The van der Waals surface area contributed by atoms with Crippen LogP contribution in [0.5, 0.6) is 0 Å². The zero-order chi connectivity index (χ0) is 17.5. The van der Waals surface area contributed by atoms with Crippen molar-refractivity contribution in [3.05, 3.63) is 64.0 Å². The van der Waals surface area contributed by atoms with Crippen LogP contribution in [0, 0.1) is 10.1 Å². The highest BCUT2D eigenvalue weighted by molar-refractivity contribution is 6.02.